The van der Waals surface area contributed by atoms with Gasteiger partial charge in [-0.05, 0) is 37.0 Å². The smallest absolute Gasteiger partial charge is 0.252 e. The number of anilines is 1. The van der Waals surface area contributed by atoms with Crippen LogP contribution in [0.5, 0.6) is 0 Å². The molecule has 0 radical (unpaired) electrons. The number of pyridine rings is 1. The second kappa shape index (κ2) is 8.39. The number of carbonyl (C=O) groups is 1. The molecular formula is C18H20N2OS. The molecule has 0 saturated carbocycles. The summed E-state index contributed by atoms with van der Waals surface area (Å²) >= 11 is 1.71. The van der Waals surface area contributed by atoms with Gasteiger partial charge in [-0.3, -0.25) is 9.69 Å². The van der Waals surface area contributed by atoms with Crippen LogP contribution in [0, 0.1) is 6.92 Å². The van der Waals surface area contributed by atoms with Crippen LogP contribution in [-0.2, 0) is 4.79 Å². The van der Waals surface area contributed by atoms with Crippen molar-refractivity contribution < 1.29 is 4.79 Å². The summed E-state index contributed by atoms with van der Waals surface area (Å²) in [5.74, 6) is 1.52. The lowest BCUT2D eigenvalue weighted by Crippen LogP contribution is -2.32. The molecule has 2 aromatic rings. The third-order valence-corrected chi connectivity index (χ3v) is 3.80. The first-order valence-electron chi connectivity index (χ1n) is 7.17. The Morgan fingerprint density at radius 3 is 2.64 bits per heavy atom. The molecule has 1 heterocycles. The van der Waals surface area contributed by atoms with Crippen molar-refractivity contribution in [3.8, 4) is 0 Å². The van der Waals surface area contributed by atoms with E-state index < -0.39 is 0 Å². The first-order valence-corrected chi connectivity index (χ1v) is 8.56. The SMILES string of the molecule is CSCCN(C(=O)C=Cc1ccc(C)cc1)c1ccccn1. The molecule has 2 rings (SSSR count). The fraction of sp³-hybridized carbons (Fsp3) is 0.222. The van der Waals surface area contributed by atoms with E-state index in [0.29, 0.717) is 12.4 Å². The second-order valence-corrected chi connectivity index (χ2v) is 5.90. The fourth-order valence-corrected chi connectivity index (χ4v) is 2.33. The average molecular weight is 312 g/mol. The van der Waals surface area contributed by atoms with E-state index in [0.717, 1.165) is 11.3 Å². The van der Waals surface area contributed by atoms with Crippen LogP contribution in [0.4, 0.5) is 5.82 Å². The van der Waals surface area contributed by atoms with Crippen LogP contribution >= 0.6 is 11.8 Å². The Hall–Kier alpha value is -2.07. The lowest BCUT2D eigenvalue weighted by atomic mass is 10.1. The molecule has 114 valence electrons. The lowest BCUT2D eigenvalue weighted by Gasteiger charge is -2.19. The van der Waals surface area contributed by atoms with Crippen molar-refractivity contribution in [2.75, 3.05) is 23.5 Å². The van der Waals surface area contributed by atoms with Crippen molar-refractivity contribution in [2.24, 2.45) is 0 Å². The number of aryl methyl sites for hydroxylation is 1. The summed E-state index contributed by atoms with van der Waals surface area (Å²) in [6, 6.07) is 13.7. The van der Waals surface area contributed by atoms with Gasteiger partial charge < -0.3 is 0 Å². The molecule has 0 aliphatic heterocycles. The Bertz CT molecular complexity index is 623. The van der Waals surface area contributed by atoms with E-state index in [4.69, 9.17) is 0 Å². The molecule has 1 aromatic carbocycles. The van der Waals surface area contributed by atoms with Gasteiger partial charge in [0.05, 0.1) is 0 Å². The van der Waals surface area contributed by atoms with Crippen LogP contribution in [0.15, 0.2) is 54.7 Å². The van der Waals surface area contributed by atoms with E-state index in [1.165, 1.54) is 5.56 Å². The highest BCUT2D eigenvalue weighted by Crippen LogP contribution is 2.12. The van der Waals surface area contributed by atoms with Gasteiger partial charge in [-0.15, -0.1) is 0 Å². The van der Waals surface area contributed by atoms with Gasteiger partial charge in [0.2, 0.25) is 0 Å². The number of carbonyl (C=O) groups excluding carboxylic acids is 1. The van der Waals surface area contributed by atoms with Gasteiger partial charge >= 0.3 is 0 Å². The van der Waals surface area contributed by atoms with Gasteiger partial charge in [-0.25, -0.2) is 4.98 Å². The second-order valence-electron chi connectivity index (χ2n) is 4.91. The van der Waals surface area contributed by atoms with Gasteiger partial charge in [-0.2, -0.15) is 11.8 Å². The first kappa shape index (κ1) is 16.3. The molecule has 0 saturated heterocycles. The molecule has 0 unspecified atom stereocenters. The van der Waals surface area contributed by atoms with Gasteiger partial charge in [0.1, 0.15) is 5.82 Å². The number of nitrogens with zero attached hydrogens (tertiary/aromatic N) is 2. The van der Waals surface area contributed by atoms with Crippen molar-refractivity contribution in [1.82, 2.24) is 4.98 Å². The zero-order chi connectivity index (χ0) is 15.8. The molecule has 0 bridgehead atoms. The topological polar surface area (TPSA) is 33.2 Å². The highest BCUT2D eigenvalue weighted by molar-refractivity contribution is 7.98. The lowest BCUT2D eigenvalue weighted by molar-refractivity contribution is -0.114. The van der Waals surface area contributed by atoms with Crippen molar-refractivity contribution in [2.45, 2.75) is 6.92 Å². The standard InChI is InChI=1S/C18H20N2OS/c1-15-6-8-16(9-7-15)10-11-18(21)20(13-14-22-2)17-5-3-4-12-19-17/h3-12H,13-14H2,1-2H3. The highest BCUT2D eigenvalue weighted by atomic mass is 32.2. The number of hydrogen-bond donors (Lipinski definition) is 0. The summed E-state index contributed by atoms with van der Waals surface area (Å²) in [7, 11) is 0. The van der Waals surface area contributed by atoms with Gasteiger partial charge in [0.15, 0.2) is 0 Å². The quantitative estimate of drug-likeness (QED) is 0.761. The maximum absolute atomic E-state index is 12.5. The number of amides is 1. The molecule has 3 nitrogen and oxygen atoms in total. The Morgan fingerprint density at radius 2 is 2.00 bits per heavy atom. The van der Waals surface area contributed by atoms with Crippen LogP contribution in [0.25, 0.3) is 6.08 Å². The van der Waals surface area contributed by atoms with Crippen molar-refractivity contribution in [3.63, 3.8) is 0 Å². The molecular weight excluding hydrogens is 292 g/mol. The summed E-state index contributed by atoms with van der Waals surface area (Å²) in [5.41, 5.74) is 2.23. The minimum atomic E-state index is -0.0478. The van der Waals surface area contributed by atoms with Crippen LogP contribution in [0.2, 0.25) is 0 Å². The Labute approximate surface area is 136 Å². The molecule has 0 fully saturated rings. The summed E-state index contributed by atoms with van der Waals surface area (Å²) in [6.07, 6.45) is 7.19. The van der Waals surface area contributed by atoms with Gasteiger partial charge in [0, 0.05) is 24.6 Å². The van der Waals surface area contributed by atoms with Crippen molar-refractivity contribution in [1.29, 1.82) is 0 Å². The molecule has 1 amide bonds. The van der Waals surface area contributed by atoms with E-state index in [1.807, 2.05) is 61.7 Å². The predicted octanol–water partition coefficient (Wildman–Crippen LogP) is 3.80. The normalized spacial score (nSPS) is 10.8. The number of hydrogen-bond acceptors (Lipinski definition) is 3. The van der Waals surface area contributed by atoms with Crippen LogP contribution < -0.4 is 4.90 Å². The van der Waals surface area contributed by atoms with Crippen molar-refractivity contribution in [3.05, 3.63) is 65.9 Å². The summed E-state index contributed by atoms with van der Waals surface area (Å²) in [4.78, 5) is 18.5. The number of thioether (sulfide) groups is 1. The first-order chi connectivity index (χ1) is 10.7. The van der Waals surface area contributed by atoms with Crippen molar-refractivity contribution >= 4 is 29.6 Å². The molecule has 0 aliphatic carbocycles. The highest BCUT2D eigenvalue weighted by Gasteiger charge is 2.13. The summed E-state index contributed by atoms with van der Waals surface area (Å²) in [5, 5.41) is 0. The third kappa shape index (κ3) is 4.74. The molecule has 0 atom stereocenters. The maximum atomic E-state index is 12.5. The van der Waals surface area contributed by atoms with Crippen LogP contribution in [-0.4, -0.2) is 29.4 Å². The van der Waals surface area contributed by atoms with E-state index in [1.54, 1.807) is 28.9 Å². The van der Waals surface area contributed by atoms with E-state index in [2.05, 4.69) is 4.98 Å². The molecule has 4 heteroatoms. The zero-order valence-electron chi connectivity index (χ0n) is 12.9. The molecule has 0 aliphatic rings. The summed E-state index contributed by atoms with van der Waals surface area (Å²) < 4.78 is 0. The van der Waals surface area contributed by atoms with E-state index in [9.17, 15) is 4.79 Å². The Kier molecular flexibility index (Phi) is 6.22. The minimum absolute atomic E-state index is 0.0478. The van der Waals surface area contributed by atoms with Gasteiger partial charge in [-0.1, -0.05) is 35.9 Å². The predicted molar refractivity (Wildman–Crippen MR) is 95.2 cm³/mol. The third-order valence-electron chi connectivity index (χ3n) is 3.21. The number of rotatable bonds is 6. The Morgan fingerprint density at radius 1 is 1.23 bits per heavy atom. The zero-order valence-corrected chi connectivity index (χ0v) is 13.7. The van der Waals surface area contributed by atoms with E-state index in [-0.39, 0.29) is 5.91 Å². The average Bonchev–Trinajstić information content (AvgIpc) is 2.55. The van der Waals surface area contributed by atoms with E-state index >= 15 is 0 Å². The summed E-state index contributed by atoms with van der Waals surface area (Å²) in [6.45, 7) is 2.69. The van der Waals surface area contributed by atoms with Crippen LogP contribution in [0.1, 0.15) is 11.1 Å². The molecule has 1 aromatic heterocycles. The monoisotopic (exact) mass is 312 g/mol. The molecule has 22 heavy (non-hydrogen) atoms. The molecule has 0 N–H and O–H groups in total. The fourth-order valence-electron chi connectivity index (χ4n) is 1.97. The molecule has 0 spiro atoms. The minimum Gasteiger partial charge on any atom is -0.292 e. The maximum Gasteiger partial charge on any atom is 0.252 e. The largest absolute Gasteiger partial charge is 0.292 e. The number of aromatic nitrogens is 1. The number of benzene rings is 1. The van der Waals surface area contributed by atoms with Gasteiger partial charge in [0.25, 0.3) is 5.91 Å². The Balaban J connectivity index is 2.13. The van der Waals surface area contributed by atoms with Crippen LogP contribution in [0.3, 0.4) is 0 Å².